The van der Waals surface area contributed by atoms with E-state index in [-0.39, 0.29) is 24.5 Å². The van der Waals surface area contributed by atoms with Gasteiger partial charge < -0.3 is 26.5 Å². The van der Waals surface area contributed by atoms with E-state index in [2.05, 4.69) is 35.0 Å². The van der Waals surface area contributed by atoms with Gasteiger partial charge in [0, 0.05) is 6.61 Å². The van der Waals surface area contributed by atoms with Gasteiger partial charge in [-0.1, -0.05) is 44.0 Å². The fraction of sp³-hybridized carbons (Fsp3) is 0.611. The summed E-state index contributed by atoms with van der Waals surface area (Å²) in [7, 11) is 0. The Morgan fingerprint density at radius 1 is 1.26 bits per heavy atom. The first-order valence-corrected chi connectivity index (χ1v) is 7.74. The minimum Gasteiger partial charge on any atom is -0.649 e. The molecule has 5 heteroatoms. The Labute approximate surface area is 153 Å². The van der Waals surface area contributed by atoms with Gasteiger partial charge in [-0.15, -0.1) is 5.56 Å². The van der Waals surface area contributed by atoms with Crippen LogP contribution in [0.2, 0.25) is 0 Å². The van der Waals surface area contributed by atoms with Gasteiger partial charge in [-0.05, 0) is 27.2 Å². The molecular formula is C18H28LiNO3-2. The molecule has 0 atom stereocenters. The molecule has 1 heterocycles. The molecule has 4 nitrogen and oxygen atoms in total. The second-order valence-electron chi connectivity index (χ2n) is 6.01. The van der Waals surface area contributed by atoms with Crippen LogP contribution < -0.4 is 18.9 Å². The molecule has 0 saturated heterocycles. The molecule has 0 aliphatic heterocycles. The van der Waals surface area contributed by atoms with E-state index in [4.69, 9.17) is 5.11 Å². The normalized spacial score (nSPS) is 10.1. The molecule has 1 aromatic heterocycles. The van der Waals surface area contributed by atoms with Crippen molar-refractivity contribution in [3.05, 3.63) is 36.5 Å². The average Bonchev–Trinajstić information content (AvgIpc) is 2.45. The third-order valence-electron chi connectivity index (χ3n) is 2.71. The molecule has 126 valence electrons. The summed E-state index contributed by atoms with van der Waals surface area (Å²) in [5, 5.41) is 8.63. The average molecular weight is 313 g/mol. The van der Waals surface area contributed by atoms with Crippen molar-refractivity contribution < 1.29 is 33.5 Å². The van der Waals surface area contributed by atoms with Crippen LogP contribution in [0.25, 0.3) is 0 Å². The van der Waals surface area contributed by atoms with Crippen LogP contribution in [-0.4, -0.2) is 28.8 Å². The van der Waals surface area contributed by atoms with Crippen molar-refractivity contribution >= 4 is 6.47 Å². The van der Waals surface area contributed by atoms with Crippen molar-refractivity contribution in [2.75, 3.05) is 6.61 Å². The van der Waals surface area contributed by atoms with Gasteiger partial charge in [0.1, 0.15) is 0 Å². The van der Waals surface area contributed by atoms with Crippen molar-refractivity contribution in [2.24, 2.45) is 0 Å². The third kappa shape index (κ3) is 15.8. The Hall–Kier alpha value is -0.823. The molecule has 0 spiro atoms. The van der Waals surface area contributed by atoms with Crippen molar-refractivity contribution in [3.63, 3.8) is 0 Å². The summed E-state index contributed by atoms with van der Waals surface area (Å²) in [4.78, 5) is 13.8. The predicted molar refractivity (Wildman–Crippen MR) is 87.9 cm³/mol. The molecule has 1 N–H and O–H groups in total. The molecular weight excluding hydrogens is 285 g/mol. The van der Waals surface area contributed by atoms with E-state index < -0.39 is 0 Å². The van der Waals surface area contributed by atoms with Crippen LogP contribution in [0.15, 0.2) is 12.1 Å². The summed E-state index contributed by atoms with van der Waals surface area (Å²) in [5.41, 5.74) is 1.87. The number of pyridine rings is 1. The first-order valence-electron chi connectivity index (χ1n) is 7.74. The maximum Gasteiger partial charge on any atom is 1.00 e. The van der Waals surface area contributed by atoms with Gasteiger partial charge in [0.2, 0.25) is 0 Å². The second kappa shape index (κ2) is 14.7. The van der Waals surface area contributed by atoms with Gasteiger partial charge in [0.15, 0.2) is 0 Å². The Bertz CT molecular complexity index is 388. The van der Waals surface area contributed by atoms with E-state index in [1.54, 1.807) is 20.8 Å². The van der Waals surface area contributed by atoms with Crippen molar-refractivity contribution in [2.45, 2.75) is 64.9 Å². The van der Waals surface area contributed by atoms with E-state index >= 15 is 0 Å². The number of carbonyl (C=O) groups excluding carboxylic acids is 1. The summed E-state index contributed by atoms with van der Waals surface area (Å²) in [6, 6.07) is 4.15. The molecule has 0 amide bonds. The molecule has 0 fully saturated rings. The Kier molecular flexibility index (Phi) is 15.7. The van der Waals surface area contributed by atoms with Gasteiger partial charge in [-0.2, -0.15) is 18.6 Å². The standard InChI is InChI=1S/C13H19NO.C5H9O2.Li/c1-2-6-12-8-9-13(14-11-12)7-4-3-5-10-15;1-5(2,3)7-4-6;/h8-9,15H,1-7,10H2;1-3H3;/q-2;-1;+1. The number of ether oxygens (including phenoxy) is 1. The minimum atomic E-state index is -0.373. The molecule has 1 rings (SSSR count). The number of aryl methyl sites for hydroxylation is 2. The zero-order chi connectivity index (χ0) is 16.8. The number of rotatable bonds is 8. The van der Waals surface area contributed by atoms with E-state index in [9.17, 15) is 4.79 Å². The zero-order valence-corrected chi connectivity index (χ0v) is 15.0. The van der Waals surface area contributed by atoms with Gasteiger partial charge in [0.05, 0.1) is 5.60 Å². The number of aromatic nitrogens is 1. The molecule has 1 aromatic rings. The maximum atomic E-state index is 9.47. The van der Waals surface area contributed by atoms with Gasteiger partial charge >= 0.3 is 18.9 Å². The summed E-state index contributed by atoms with van der Waals surface area (Å²) in [6.45, 7) is 10.8. The van der Waals surface area contributed by atoms with E-state index in [0.717, 1.165) is 49.8 Å². The summed E-state index contributed by atoms with van der Waals surface area (Å²) in [6.07, 6.45) is 8.93. The molecule has 23 heavy (non-hydrogen) atoms. The van der Waals surface area contributed by atoms with Crippen LogP contribution in [0.4, 0.5) is 0 Å². The number of aliphatic hydroxyl groups is 1. The Balaban J connectivity index is 0. The minimum absolute atomic E-state index is 0. The largest absolute Gasteiger partial charge is 1.00 e. The smallest absolute Gasteiger partial charge is 0.649 e. The van der Waals surface area contributed by atoms with Crippen LogP contribution >= 0.6 is 0 Å². The first kappa shape index (κ1) is 24.4. The maximum absolute atomic E-state index is 9.47. The second-order valence-corrected chi connectivity index (χ2v) is 6.01. The fourth-order valence-corrected chi connectivity index (χ4v) is 1.60. The molecule has 0 aliphatic carbocycles. The fourth-order valence-electron chi connectivity index (χ4n) is 1.60. The topological polar surface area (TPSA) is 59.4 Å². The summed E-state index contributed by atoms with van der Waals surface area (Å²) < 4.78 is 4.42. The van der Waals surface area contributed by atoms with Crippen molar-refractivity contribution in [1.82, 2.24) is 4.98 Å². The zero-order valence-electron chi connectivity index (χ0n) is 15.0. The van der Waals surface area contributed by atoms with Crippen LogP contribution in [0.5, 0.6) is 0 Å². The Morgan fingerprint density at radius 2 is 1.96 bits per heavy atom. The monoisotopic (exact) mass is 313 g/mol. The number of hydrogen-bond acceptors (Lipinski definition) is 4. The van der Waals surface area contributed by atoms with Crippen LogP contribution in [0.1, 0.15) is 57.7 Å². The van der Waals surface area contributed by atoms with Crippen molar-refractivity contribution in [1.29, 1.82) is 0 Å². The molecule has 0 bridgehead atoms. The Morgan fingerprint density at radius 3 is 2.35 bits per heavy atom. The van der Waals surface area contributed by atoms with Gasteiger partial charge in [-0.3, -0.25) is 0 Å². The molecule has 0 aliphatic rings. The number of aliphatic hydroxyl groups excluding tert-OH is 1. The predicted octanol–water partition coefficient (Wildman–Crippen LogP) is 0.226. The van der Waals surface area contributed by atoms with E-state index in [1.165, 1.54) is 6.47 Å². The van der Waals surface area contributed by atoms with Crippen LogP contribution in [0, 0.1) is 13.1 Å². The molecule has 0 unspecified atom stereocenters. The molecule has 0 aromatic carbocycles. The third-order valence-corrected chi connectivity index (χ3v) is 2.71. The molecule has 0 radical (unpaired) electrons. The number of unbranched alkanes of at least 4 members (excludes halogenated alkanes) is 2. The van der Waals surface area contributed by atoms with E-state index in [1.807, 2.05) is 0 Å². The summed E-state index contributed by atoms with van der Waals surface area (Å²) in [5.74, 6) is 0. The van der Waals surface area contributed by atoms with E-state index in [0.29, 0.717) is 6.61 Å². The van der Waals surface area contributed by atoms with Gasteiger partial charge in [-0.25, -0.2) is 0 Å². The number of hydrogen-bond donors (Lipinski definition) is 1. The SMILES string of the molecule is CC(C)(C)O[C-]=O.[CH2-]CCc1[c-]nc(CCCCCO)cc1.[Li+]. The van der Waals surface area contributed by atoms with Crippen molar-refractivity contribution in [3.8, 4) is 0 Å². The first-order chi connectivity index (χ1) is 10.4. The molecule has 0 saturated carbocycles. The van der Waals surface area contributed by atoms with Gasteiger partial charge in [0.25, 0.3) is 0 Å². The quantitative estimate of drug-likeness (QED) is 0.424. The number of nitrogens with zero attached hydrogens (tertiary/aromatic N) is 1. The van der Waals surface area contributed by atoms with Crippen LogP contribution in [0.3, 0.4) is 0 Å². The summed E-state index contributed by atoms with van der Waals surface area (Å²) >= 11 is 0. The van der Waals surface area contributed by atoms with Crippen LogP contribution in [-0.2, 0) is 22.4 Å².